The maximum atomic E-state index is 11.7. The van der Waals surface area contributed by atoms with Crippen LogP contribution in [0.25, 0.3) is 0 Å². The van der Waals surface area contributed by atoms with Gasteiger partial charge < -0.3 is 4.74 Å². The van der Waals surface area contributed by atoms with Gasteiger partial charge in [0.25, 0.3) is 5.56 Å². The lowest BCUT2D eigenvalue weighted by Crippen LogP contribution is -2.22. The van der Waals surface area contributed by atoms with Gasteiger partial charge in [-0.15, -0.1) is 0 Å². The molecule has 0 aliphatic carbocycles. The fraction of sp³-hybridized carbons (Fsp3) is 0. The molecule has 8 nitrogen and oxygen atoms in total. The Labute approximate surface area is 105 Å². The number of carbonyl (C=O) groups is 1. The normalized spacial score (nSPS) is 9.89. The van der Waals surface area contributed by atoms with E-state index in [1.54, 1.807) is 0 Å². The average Bonchev–Trinajstić information content (AvgIpc) is 2.39. The van der Waals surface area contributed by atoms with Crippen LogP contribution in [0, 0.1) is 10.1 Å². The minimum absolute atomic E-state index is 0.228. The first-order valence-electron chi connectivity index (χ1n) is 5.09. The molecule has 0 bridgehead atoms. The molecule has 2 rings (SSSR count). The van der Waals surface area contributed by atoms with Crippen LogP contribution in [0.5, 0.6) is 5.75 Å². The van der Waals surface area contributed by atoms with Gasteiger partial charge in [0.2, 0.25) is 5.75 Å². The van der Waals surface area contributed by atoms with Gasteiger partial charge in [-0.3, -0.25) is 14.9 Å². The van der Waals surface area contributed by atoms with Crippen LogP contribution in [0.3, 0.4) is 0 Å². The summed E-state index contributed by atoms with van der Waals surface area (Å²) in [6.45, 7) is 0. The minimum atomic E-state index is -0.988. The number of ether oxygens (including phenoxy) is 1. The summed E-state index contributed by atoms with van der Waals surface area (Å²) in [4.78, 5) is 33.1. The van der Waals surface area contributed by atoms with Gasteiger partial charge in [-0.05, 0) is 12.1 Å². The summed E-state index contributed by atoms with van der Waals surface area (Å²) in [7, 11) is 0. The highest BCUT2D eigenvalue weighted by Gasteiger charge is 2.19. The number of para-hydroxylation sites is 2. The maximum Gasteiger partial charge on any atom is 0.349 e. The predicted molar refractivity (Wildman–Crippen MR) is 62.9 cm³/mol. The second-order valence-electron chi connectivity index (χ2n) is 3.41. The SMILES string of the molecule is O=C(Oc1ccccc1[N+](=O)[O-])c1ccn[nH]c1=O. The Morgan fingerprint density at radius 1 is 1.32 bits per heavy atom. The molecule has 0 radical (unpaired) electrons. The van der Waals surface area contributed by atoms with Gasteiger partial charge in [-0.1, -0.05) is 12.1 Å². The van der Waals surface area contributed by atoms with Crippen molar-refractivity contribution < 1.29 is 14.5 Å². The van der Waals surface area contributed by atoms with Crippen molar-refractivity contribution in [1.29, 1.82) is 0 Å². The van der Waals surface area contributed by atoms with Gasteiger partial charge in [-0.25, -0.2) is 9.89 Å². The molecule has 2 aromatic rings. The van der Waals surface area contributed by atoms with Gasteiger partial charge in [0.1, 0.15) is 5.56 Å². The van der Waals surface area contributed by atoms with E-state index in [-0.39, 0.29) is 17.0 Å². The van der Waals surface area contributed by atoms with E-state index < -0.39 is 16.5 Å². The van der Waals surface area contributed by atoms with Crippen LogP contribution in [-0.2, 0) is 0 Å². The molecular weight excluding hydrogens is 254 g/mol. The number of carbonyl (C=O) groups excluding carboxylic acids is 1. The molecule has 0 spiro atoms. The predicted octanol–water partition coefficient (Wildman–Crippen LogP) is 0.897. The van der Waals surface area contributed by atoms with E-state index in [9.17, 15) is 19.7 Å². The van der Waals surface area contributed by atoms with Gasteiger partial charge in [0, 0.05) is 12.3 Å². The van der Waals surface area contributed by atoms with E-state index in [0.29, 0.717) is 0 Å². The van der Waals surface area contributed by atoms with Gasteiger partial charge >= 0.3 is 11.7 Å². The van der Waals surface area contributed by atoms with E-state index >= 15 is 0 Å². The molecule has 1 aromatic heterocycles. The van der Waals surface area contributed by atoms with Crippen molar-refractivity contribution >= 4 is 11.7 Å². The first-order valence-corrected chi connectivity index (χ1v) is 5.09. The average molecular weight is 261 g/mol. The highest BCUT2D eigenvalue weighted by atomic mass is 16.6. The lowest BCUT2D eigenvalue weighted by Gasteiger charge is -2.03. The fourth-order valence-corrected chi connectivity index (χ4v) is 1.35. The molecule has 0 atom stereocenters. The third-order valence-electron chi connectivity index (χ3n) is 2.21. The largest absolute Gasteiger partial charge is 0.415 e. The van der Waals surface area contributed by atoms with E-state index in [4.69, 9.17) is 4.74 Å². The topological polar surface area (TPSA) is 115 Å². The van der Waals surface area contributed by atoms with Crippen molar-refractivity contribution in [3.63, 3.8) is 0 Å². The van der Waals surface area contributed by atoms with Crippen molar-refractivity contribution in [3.8, 4) is 5.75 Å². The van der Waals surface area contributed by atoms with Crippen molar-refractivity contribution in [1.82, 2.24) is 10.2 Å². The summed E-state index contributed by atoms with van der Waals surface area (Å²) in [5, 5.41) is 16.2. The monoisotopic (exact) mass is 261 g/mol. The number of rotatable bonds is 3. The molecule has 0 aliphatic rings. The van der Waals surface area contributed by atoms with Crippen LogP contribution in [0.4, 0.5) is 5.69 Å². The summed E-state index contributed by atoms with van der Waals surface area (Å²) in [6.07, 6.45) is 1.21. The van der Waals surface area contributed by atoms with Crippen LogP contribution < -0.4 is 10.3 Å². The van der Waals surface area contributed by atoms with Crippen molar-refractivity contribution in [2.45, 2.75) is 0 Å². The van der Waals surface area contributed by atoms with E-state index in [1.807, 2.05) is 0 Å². The smallest absolute Gasteiger partial charge is 0.349 e. The van der Waals surface area contributed by atoms with Crippen molar-refractivity contribution in [2.75, 3.05) is 0 Å². The zero-order valence-corrected chi connectivity index (χ0v) is 9.40. The van der Waals surface area contributed by atoms with E-state index in [2.05, 4.69) is 10.2 Å². The van der Waals surface area contributed by atoms with Gasteiger partial charge in [-0.2, -0.15) is 5.10 Å². The summed E-state index contributed by atoms with van der Waals surface area (Å²) in [6, 6.07) is 6.54. The van der Waals surface area contributed by atoms with Crippen molar-refractivity contribution in [3.05, 3.63) is 62.6 Å². The minimum Gasteiger partial charge on any atom is -0.415 e. The molecule has 0 fully saturated rings. The number of nitrogens with one attached hydrogen (secondary N) is 1. The van der Waals surface area contributed by atoms with Crippen LogP contribution in [0.2, 0.25) is 0 Å². The third kappa shape index (κ3) is 2.63. The molecule has 0 amide bonds. The summed E-state index contributed by atoms with van der Waals surface area (Å²) >= 11 is 0. The maximum absolute atomic E-state index is 11.7. The summed E-state index contributed by atoms with van der Waals surface area (Å²) in [5.74, 6) is -1.22. The number of nitrogens with zero attached hydrogens (tertiary/aromatic N) is 2. The Morgan fingerprint density at radius 3 is 2.74 bits per heavy atom. The second-order valence-corrected chi connectivity index (χ2v) is 3.41. The molecule has 0 unspecified atom stereocenters. The van der Waals surface area contributed by atoms with Gasteiger partial charge in [0.15, 0.2) is 0 Å². The quantitative estimate of drug-likeness (QED) is 0.380. The Hall–Kier alpha value is -3.03. The molecule has 1 heterocycles. The molecule has 1 N–H and O–H groups in total. The first-order chi connectivity index (χ1) is 9.09. The highest BCUT2D eigenvalue weighted by Crippen LogP contribution is 2.26. The number of benzene rings is 1. The number of hydrogen-bond donors (Lipinski definition) is 1. The van der Waals surface area contributed by atoms with Crippen molar-refractivity contribution in [2.24, 2.45) is 0 Å². The number of aromatic amines is 1. The standard InChI is InChI=1S/C11H7N3O5/c15-10-7(5-6-12-13-10)11(16)19-9-4-2-1-3-8(9)14(17)18/h1-6H,(H,13,15). The zero-order chi connectivity index (χ0) is 13.8. The Bertz CT molecular complexity index is 694. The molecule has 8 heteroatoms. The number of aromatic nitrogens is 2. The number of H-pyrrole nitrogens is 1. The zero-order valence-electron chi connectivity index (χ0n) is 9.40. The molecule has 19 heavy (non-hydrogen) atoms. The van der Waals surface area contributed by atoms with E-state index in [0.717, 1.165) is 6.07 Å². The summed E-state index contributed by atoms with van der Waals surface area (Å²) < 4.78 is 4.85. The highest BCUT2D eigenvalue weighted by molar-refractivity contribution is 5.90. The number of esters is 1. The molecule has 0 saturated heterocycles. The Kier molecular flexibility index (Phi) is 3.33. The van der Waals surface area contributed by atoms with Crippen LogP contribution in [-0.4, -0.2) is 21.1 Å². The summed E-state index contributed by atoms with van der Waals surface area (Å²) in [5.41, 5.74) is -1.37. The molecule has 1 aromatic carbocycles. The van der Waals surface area contributed by atoms with Crippen LogP contribution >= 0.6 is 0 Å². The van der Waals surface area contributed by atoms with Crippen LogP contribution in [0.15, 0.2) is 41.3 Å². The number of nitro benzene ring substituents is 1. The molecule has 0 saturated carbocycles. The third-order valence-corrected chi connectivity index (χ3v) is 2.21. The first kappa shape index (κ1) is 12.4. The molecular formula is C11H7N3O5. The Morgan fingerprint density at radius 2 is 2.05 bits per heavy atom. The lowest BCUT2D eigenvalue weighted by molar-refractivity contribution is -0.385. The molecule has 0 aliphatic heterocycles. The van der Waals surface area contributed by atoms with Gasteiger partial charge in [0.05, 0.1) is 4.92 Å². The van der Waals surface area contributed by atoms with Crippen LogP contribution in [0.1, 0.15) is 10.4 Å². The second kappa shape index (κ2) is 5.08. The van der Waals surface area contributed by atoms with E-state index in [1.165, 1.54) is 30.5 Å². The number of hydrogen-bond acceptors (Lipinski definition) is 6. The molecule has 96 valence electrons. The number of nitro groups is 1. The Balaban J connectivity index is 2.33. The lowest BCUT2D eigenvalue weighted by atomic mass is 10.3. The fourth-order valence-electron chi connectivity index (χ4n) is 1.35.